The van der Waals surface area contributed by atoms with Crippen LogP contribution in [0.25, 0.3) is 0 Å². The number of carbonyl (C=O) groups excluding carboxylic acids is 3. The number of nitrogens with one attached hydrogen (secondary N) is 2. The van der Waals surface area contributed by atoms with Crippen LogP contribution in [0.5, 0.6) is 0 Å². The molecule has 17 heteroatoms. The number of nitrogens with two attached hydrogens (primary N) is 1. The lowest BCUT2D eigenvalue weighted by atomic mass is 10.0. The lowest BCUT2D eigenvalue weighted by Crippen LogP contribution is -2.71. The number of carbonyl (C=O) groups is 4. The average molecular weight is 591 g/mol. The molecule has 0 aromatic carbocycles. The third-order valence-electron chi connectivity index (χ3n) is 6.59. The third-order valence-corrected chi connectivity index (χ3v) is 8.60. The van der Waals surface area contributed by atoms with E-state index >= 15 is 0 Å². The summed E-state index contributed by atoms with van der Waals surface area (Å²) in [6.07, 6.45) is 2.78. The van der Waals surface area contributed by atoms with Crippen molar-refractivity contribution in [2.24, 2.45) is 5.16 Å². The van der Waals surface area contributed by atoms with Gasteiger partial charge in [0.25, 0.3) is 11.8 Å². The van der Waals surface area contributed by atoms with Crippen LogP contribution in [-0.2, 0) is 37.1 Å². The molecule has 2 atom stereocenters. The third kappa shape index (κ3) is 4.97. The maximum atomic E-state index is 13.2. The van der Waals surface area contributed by atoms with Gasteiger partial charge in [0.15, 0.2) is 29.4 Å². The maximum Gasteiger partial charge on any atom is 0.350 e. The van der Waals surface area contributed by atoms with Crippen molar-refractivity contribution in [2.75, 3.05) is 23.3 Å². The molecule has 212 valence electrons. The highest BCUT2D eigenvalue weighted by molar-refractivity contribution is 8.00. The van der Waals surface area contributed by atoms with Crippen molar-refractivity contribution < 1.29 is 38.9 Å². The van der Waals surface area contributed by atoms with Crippen molar-refractivity contribution >= 4 is 63.5 Å². The molecule has 0 unspecified atom stereocenters. The summed E-state index contributed by atoms with van der Waals surface area (Å²) in [5.41, 5.74) is 3.88. The lowest BCUT2D eigenvalue weighted by Gasteiger charge is -2.50. The Morgan fingerprint density at radius 1 is 1.43 bits per heavy atom. The van der Waals surface area contributed by atoms with Crippen LogP contribution >= 0.6 is 23.1 Å². The van der Waals surface area contributed by atoms with Crippen LogP contribution in [0.1, 0.15) is 26.0 Å². The summed E-state index contributed by atoms with van der Waals surface area (Å²) in [4.78, 5) is 60.2. The Morgan fingerprint density at radius 2 is 2.20 bits per heavy atom. The second kappa shape index (κ2) is 10.5. The monoisotopic (exact) mass is 590 g/mol. The predicted octanol–water partition coefficient (Wildman–Crippen LogP) is -1.68. The Balaban J connectivity index is 1.36. The van der Waals surface area contributed by atoms with E-state index in [9.17, 15) is 29.4 Å². The highest BCUT2D eigenvalue weighted by Gasteiger charge is 2.53. The second-order valence-corrected chi connectivity index (χ2v) is 11.7. The Bertz CT molecular complexity index is 1460. The Morgan fingerprint density at radius 3 is 2.88 bits per heavy atom. The summed E-state index contributed by atoms with van der Waals surface area (Å²) in [5.74, 6) is -3.06. The van der Waals surface area contributed by atoms with Crippen molar-refractivity contribution in [3.05, 3.63) is 34.6 Å². The maximum absolute atomic E-state index is 13.2. The first-order valence-electron chi connectivity index (χ1n) is 12.2. The number of oxime groups is 1. The van der Waals surface area contributed by atoms with Gasteiger partial charge >= 0.3 is 5.97 Å². The molecule has 2 amide bonds. The van der Waals surface area contributed by atoms with E-state index in [1.165, 1.54) is 31.0 Å². The van der Waals surface area contributed by atoms with E-state index in [1.54, 1.807) is 0 Å². The summed E-state index contributed by atoms with van der Waals surface area (Å²) in [6, 6.07) is 0.841. The number of nitrogen functional groups attached to an aromatic ring is 1. The van der Waals surface area contributed by atoms with Gasteiger partial charge in [-0.15, -0.1) is 32.5 Å². The highest BCUT2D eigenvalue weighted by atomic mass is 32.2. The summed E-state index contributed by atoms with van der Waals surface area (Å²) in [6.45, 7) is 4.39. The fourth-order valence-corrected chi connectivity index (χ4v) is 6.33. The smallest absolute Gasteiger partial charge is 0.350 e. The van der Waals surface area contributed by atoms with E-state index in [4.69, 9.17) is 10.6 Å². The number of fused-ring (bicyclic) bond motifs is 2. The molecule has 0 radical (unpaired) electrons. The van der Waals surface area contributed by atoms with Crippen molar-refractivity contribution in [3.8, 4) is 0 Å². The summed E-state index contributed by atoms with van der Waals surface area (Å²) in [5, 5.41) is 31.9. The number of amides is 2. The van der Waals surface area contributed by atoms with E-state index in [-0.39, 0.29) is 28.8 Å². The molecule has 0 saturated carbocycles. The minimum Gasteiger partial charge on any atom is -0.543 e. The zero-order valence-corrected chi connectivity index (χ0v) is 23.1. The van der Waals surface area contributed by atoms with Crippen LogP contribution < -0.4 is 26.2 Å². The molecule has 0 spiro atoms. The molecule has 1 saturated heterocycles. The second-order valence-electron chi connectivity index (χ2n) is 9.72. The number of thioether (sulfide) groups is 1. The van der Waals surface area contributed by atoms with Crippen molar-refractivity contribution in [3.63, 3.8) is 0 Å². The molecule has 1 fully saturated rings. The number of β-lactam (4-membered cyclic amide) rings is 1. The van der Waals surface area contributed by atoms with E-state index in [0.29, 0.717) is 11.3 Å². The van der Waals surface area contributed by atoms with E-state index in [2.05, 4.69) is 20.8 Å². The number of thiazole rings is 1. The first-order valence-corrected chi connectivity index (χ1v) is 14.1. The summed E-state index contributed by atoms with van der Waals surface area (Å²) >= 11 is 2.34. The summed E-state index contributed by atoms with van der Waals surface area (Å²) < 4.78 is 3.91. The van der Waals surface area contributed by atoms with Gasteiger partial charge in [-0.25, -0.2) is 9.78 Å². The molecule has 5 heterocycles. The molecule has 5 rings (SSSR count). The van der Waals surface area contributed by atoms with Crippen molar-refractivity contribution in [2.45, 2.75) is 50.4 Å². The fourth-order valence-electron chi connectivity index (χ4n) is 4.44. The zero-order valence-electron chi connectivity index (χ0n) is 21.4. The van der Waals surface area contributed by atoms with Gasteiger partial charge in [-0.3, -0.25) is 14.5 Å². The predicted molar refractivity (Wildman–Crippen MR) is 141 cm³/mol. The first kappa shape index (κ1) is 27.4. The van der Waals surface area contributed by atoms with Crippen LogP contribution in [0, 0.1) is 0 Å². The molecular formula is C23H26N8O7S2. The van der Waals surface area contributed by atoms with Crippen molar-refractivity contribution in [1.29, 1.82) is 0 Å². The zero-order chi connectivity index (χ0) is 28.8. The van der Waals surface area contributed by atoms with Gasteiger partial charge in [0, 0.05) is 23.3 Å². The van der Waals surface area contributed by atoms with E-state index in [0.717, 1.165) is 41.6 Å². The quantitative estimate of drug-likeness (QED) is 0.112. The first-order chi connectivity index (χ1) is 19.0. The van der Waals surface area contributed by atoms with Crippen LogP contribution in [-0.4, -0.2) is 78.5 Å². The Labute approximate surface area is 235 Å². The van der Waals surface area contributed by atoms with Crippen LogP contribution in [0.3, 0.4) is 0 Å². The topological polar surface area (TPSA) is 208 Å². The normalized spacial score (nSPS) is 20.7. The van der Waals surface area contributed by atoms with Gasteiger partial charge in [0.05, 0.1) is 24.3 Å². The minimum absolute atomic E-state index is 0.0285. The fraction of sp³-hybridized carbons (Fsp3) is 0.435. The van der Waals surface area contributed by atoms with Crippen LogP contribution in [0.4, 0.5) is 10.9 Å². The lowest BCUT2D eigenvalue weighted by molar-refractivity contribution is -0.768. The van der Waals surface area contributed by atoms with Gasteiger partial charge in [0.2, 0.25) is 5.60 Å². The molecule has 3 aliphatic heterocycles. The van der Waals surface area contributed by atoms with Gasteiger partial charge in [-0.1, -0.05) is 5.16 Å². The molecule has 5 N–H and O–H groups in total. The SMILES string of the molecule is CC(C)(ON=C(C(=O)N[C@@H]1C(=O)N2C(C(=O)[O-])=C(C[n+]3ccc4n3CCCN4)CS[C@H]12)c1csc(N)n1)C(=O)O. The highest BCUT2D eigenvalue weighted by Crippen LogP contribution is 2.40. The molecule has 40 heavy (non-hydrogen) atoms. The number of aliphatic carboxylic acids is 2. The van der Waals surface area contributed by atoms with Crippen LogP contribution in [0.15, 0.2) is 34.1 Å². The van der Waals surface area contributed by atoms with E-state index < -0.39 is 40.8 Å². The number of hydrogen-bond acceptors (Lipinski definition) is 12. The number of carboxylic acid groups (broad SMARTS) is 2. The van der Waals surface area contributed by atoms with Crippen molar-refractivity contribution in [1.82, 2.24) is 19.9 Å². The molecule has 0 bridgehead atoms. The number of rotatable bonds is 9. The molecule has 2 aromatic rings. The molecule has 15 nitrogen and oxygen atoms in total. The Hall–Kier alpha value is -4.12. The molecular weight excluding hydrogens is 564 g/mol. The largest absolute Gasteiger partial charge is 0.543 e. The van der Waals surface area contributed by atoms with Gasteiger partial charge in [-0.05, 0) is 20.3 Å². The Kier molecular flexibility index (Phi) is 7.17. The molecule has 2 aromatic heterocycles. The standard InChI is InChI=1S/C23H26N8O7S2/c1-23(2,21(36)37)38-28-14(12-10-40-22(24)26-12)17(32)27-15-18(33)31-16(20(34)35)11(9-39-19(15)31)8-29-7-4-13-25-5-3-6-30(13)29/h4,7,10,15,19H,3,5-6,8-9H2,1-2H3,(H5,24,26,27,32,34,35,36,37)/t15-,19-/m1/s1. The number of nitrogens with zero attached hydrogens (tertiary/aromatic N) is 5. The average Bonchev–Trinajstić information content (AvgIpc) is 3.53. The molecule has 0 aliphatic carbocycles. The van der Waals surface area contributed by atoms with Gasteiger partial charge in [0.1, 0.15) is 17.1 Å². The molecule has 3 aliphatic rings. The van der Waals surface area contributed by atoms with Gasteiger partial charge in [-0.2, -0.15) is 0 Å². The minimum atomic E-state index is -1.76. The number of aromatic nitrogens is 3. The van der Waals surface area contributed by atoms with Gasteiger partial charge < -0.3 is 36.2 Å². The van der Waals surface area contributed by atoms with E-state index in [1.807, 2.05) is 21.6 Å². The number of carboxylic acids is 2. The number of hydrogen-bond donors (Lipinski definition) is 4. The number of anilines is 2. The van der Waals surface area contributed by atoms with Crippen LogP contribution in [0.2, 0.25) is 0 Å². The summed E-state index contributed by atoms with van der Waals surface area (Å²) in [7, 11) is 0.